The fraction of sp³-hybridized carbons (Fsp3) is 0.846. The van der Waals surface area contributed by atoms with Gasteiger partial charge in [0.2, 0.25) is 0 Å². The van der Waals surface area contributed by atoms with Crippen LogP contribution in [0.4, 0.5) is 4.79 Å². The molecular formula is C13H26N2O3. The fourth-order valence-electron chi connectivity index (χ4n) is 1.64. The average Bonchev–Trinajstić information content (AvgIpc) is 2.13. The van der Waals surface area contributed by atoms with Crippen molar-refractivity contribution in [3.63, 3.8) is 0 Å². The normalized spacial score (nSPS) is 13.3. The Morgan fingerprint density at radius 2 is 1.78 bits per heavy atom. The summed E-state index contributed by atoms with van der Waals surface area (Å²) in [5.74, 6) is -0.518. The summed E-state index contributed by atoms with van der Waals surface area (Å²) in [6, 6.07) is -0.595. The van der Waals surface area contributed by atoms with Crippen LogP contribution in [0.5, 0.6) is 0 Å². The number of carboxylic acids is 1. The Morgan fingerprint density at radius 3 is 2.11 bits per heavy atom. The minimum atomic E-state index is -0.901. The molecule has 0 heterocycles. The first-order valence-corrected chi connectivity index (χ1v) is 6.27. The van der Waals surface area contributed by atoms with Gasteiger partial charge in [0.15, 0.2) is 0 Å². The molecule has 0 saturated heterocycles. The lowest BCUT2D eigenvalue weighted by Crippen LogP contribution is -2.50. The van der Waals surface area contributed by atoms with E-state index >= 15 is 0 Å². The highest BCUT2D eigenvalue weighted by Gasteiger charge is 2.29. The van der Waals surface area contributed by atoms with Crippen molar-refractivity contribution in [1.82, 2.24) is 10.2 Å². The third-order valence-electron chi connectivity index (χ3n) is 2.71. The Kier molecular flexibility index (Phi) is 6.15. The molecule has 1 atom stereocenters. The van der Waals surface area contributed by atoms with E-state index in [1.54, 1.807) is 11.9 Å². The first-order valence-electron chi connectivity index (χ1n) is 6.27. The minimum absolute atomic E-state index is 0.0647. The molecule has 0 aromatic rings. The van der Waals surface area contributed by atoms with Crippen molar-refractivity contribution in [2.24, 2.45) is 11.3 Å². The maximum atomic E-state index is 11.9. The third kappa shape index (κ3) is 6.47. The first-order chi connectivity index (χ1) is 8.04. The summed E-state index contributed by atoms with van der Waals surface area (Å²) in [7, 11) is 1.72. The van der Waals surface area contributed by atoms with Crippen molar-refractivity contribution in [3.8, 4) is 0 Å². The Labute approximate surface area is 110 Å². The van der Waals surface area contributed by atoms with Gasteiger partial charge in [-0.05, 0) is 11.3 Å². The van der Waals surface area contributed by atoms with Crippen LogP contribution in [0.25, 0.3) is 0 Å². The number of carbonyl (C=O) groups is 2. The maximum absolute atomic E-state index is 11.9. The van der Waals surface area contributed by atoms with E-state index < -0.39 is 5.97 Å². The van der Waals surface area contributed by atoms with Gasteiger partial charge in [0.05, 0.1) is 6.42 Å². The minimum Gasteiger partial charge on any atom is -0.481 e. The van der Waals surface area contributed by atoms with E-state index in [4.69, 9.17) is 5.11 Å². The SMILES string of the molecule is CC(C)CN(C)C(=O)NC(CC(=O)O)C(C)(C)C. The summed E-state index contributed by atoms with van der Waals surface area (Å²) in [4.78, 5) is 24.3. The third-order valence-corrected chi connectivity index (χ3v) is 2.71. The highest BCUT2D eigenvalue weighted by molar-refractivity contribution is 5.75. The number of aliphatic carboxylic acids is 1. The van der Waals surface area contributed by atoms with Gasteiger partial charge in [-0.25, -0.2) is 4.79 Å². The maximum Gasteiger partial charge on any atom is 0.317 e. The molecule has 1 unspecified atom stereocenters. The Bertz CT molecular complexity index is 295. The summed E-state index contributed by atoms with van der Waals surface area (Å²) in [5.41, 5.74) is -0.285. The van der Waals surface area contributed by atoms with Gasteiger partial charge in [0, 0.05) is 19.6 Å². The molecule has 0 aromatic heterocycles. The lowest BCUT2D eigenvalue weighted by Gasteiger charge is -2.32. The van der Waals surface area contributed by atoms with Crippen molar-refractivity contribution in [2.75, 3.05) is 13.6 Å². The second-order valence-electron chi connectivity index (χ2n) is 6.24. The second kappa shape index (κ2) is 6.61. The van der Waals surface area contributed by atoms with Crippen LogP contribution in [0.2, 0.25) is 0 Å². The van der Waals surface area contributed by atoms with Crippen LogP contribution in [0.3, 0.4) is 0 Å². The number of carbonyl (C=O) groups excluding carboxylic acids is 1. The van der Waals surface area contributed by atoms with E-state index in [9.17, 15) is 9.59 Å². The summed E-state index contributed by atoms with van der Waals surface area (Å²) < 4.78 is 0. The molecule has 0 aliphatic heterocycles. The zero-order valence-electron chi connectivity index (χ0n) is 12.3. The van der Waals surface area contributed by atoms with E-state index in [2.05, 4.69) is 5.32 Å². The molecule has 0 aliphatic carbocycles. The van der Waals surface area contributed by atoms with Crippen LogP contribution in [-0.2, 0) is 4.79 Å². The number of amides is 2. The summed E-state index contributed by atoms with van der Waals surface area (Å²) >= 11 is 0. The number of hydrogen-bond acceptors (Lipinski definition) is 2. The number of carboxylic acid groups (broad SMARTS) is 1. The van der Waals surface area contributed by atoms with Crippen LogP contribution >= 0.6 is 0 Å². The molecule has 0 aromatic carbocycles. The van der Waals surface area contributed by atoms with Gasteiger partial charge < -0.3 is 15.3 Å². The largest absolute Gasteiger partial charge is 0.481 e. The lowest BCUT2D eigenvalue weighted by atomic mass is 9.85. The highest BCUT2D eigenvalue weighted by Crippen LogP contribution is 2.22. The molecule has 5 nitrogen and oxygen atoms in total. The number of urea groups is 1. The van der Waals surface area contributed by atoms with E-state index in [0.717, 1.165) is 0 Å². The highest BCUT2D eigenvalue weighted by atomic mass is 16.4. The number of nitrogens with one attached hydrogen (secondary N) is 1. The Balaban J connectivity index is 4.58. The molecule has 0 fully saturated rings. The van der Waals surface area contributed by atoms with Gasteiger partial charge >= 0.3 is 12.0 Å². The molecule has 18 heavy (non-hydrogen) atoms. The van der Waals surface area contributed by atoms with Crippen molar-refractivity contribution < 1.29 is 14.7 Å². The molecule has 5 heteroatoms. The summed E-state index contributed by atoms with van der Waals surface area (Å²) in [5, 5.41) is 11.7. The number of rotatable bonds is 5. The van der Waals surface area contributed by atoms with E-state index in [1.807, 2.05) is 34.6 Å². The summed E-state index contributed by atoms with van der Waals surface area (Å²) in [6.45, 7) is 10.5. The van der Waals surface area contributed by atoms with Crippen LogP contribution in [-0.4, -0.2) is 41.6 Å². The molecule has 0 rings (SSSR count). The predicted octanol–water partition coefficient (Wildman–Crippen LogP) is 2.17. The van der Waals surface area contributed by atoms with Crippen molar-refractivity contribution >= 4 is 12.0 Å². The van der Waals surface area contributed by atoms with Gasteiger partial charge in [0.1, 0.15) is 0 Å². The fourth-order valence-corrected chi connectivity index (χ4v) is 1.64. The summed E-state index contributed by atoms with van der Waals surface area (Å²) in [6.07, 6.45) is -0.0647. The molecule has 2 amide bonds. The monoisotopic (exact) mass is 258 g/mol. The standard InChI is InChI=1S/C13H26N2O3/c1-9(2)8-15(6)12(18)14-10(7-11(16)17)13(3,4)5/h9-10H,7-8H2,1-6H3,(H,14,18)(H,16,17). The molecule has 0 spiro atoms. The Morgan fingerprint density at radius 1 is 1.28 bits per heavy atom. The van der Waals surface area contributed by atoms with Crippen molar-refractivity contribution in [3.05, 3.63) is 0 Å². The van der Waals surface area contributed by atoms with E-state index in [-0.39, 0.29) is 23.9 Å². The van der Waals surface area contributed by atoms with Crippen molar-refractivity contribution in [1.29, 1.82) is 0 Å². The topological polar surface area (TPSA) is 69.6 Å². The molecule has 0 saturated carbocycles. The molecule has 106 valence electrons. The number of hydrogen-bond donors (Lipinski definition) is 2. The van der Waals surface area contributed by atoms with Gasteiger partial charge in [-0.3, -0.25) is 4.79 Å². The van der Waals surface area contributed by atoms with Gasteiger partial charge in [0.25, 0.3) is 0 Å². The smallest absolute Gasteiger partial charge is 0.317 e. The number of nitrogens with zero attached hydrogens (tertiary/aromatic N) is 1. The molecule has 0 aliphatic rings. The van der Waals surface area contributed by atoms with Crippen molar-refractivity contribution in [2.45, 2.75) is 47.1 Å². The lowest BCUT2D eigenvalue weighted by molar-refractivity contribution is -0.138. The van der Waals surface area contributed by atoms with Crippen LogP contribution in [0.1, 0.15) is 41.0 Å². The molecular weight excluding hydrogens is 232 g/mol. The second-order valence-corrected chi connectivity index (χ2v) is 6.24. The van der Waals surface area contributed by atoms with Gasteiger partial charge in [-0.1, -0.05) is 34.6 Å². The molecule has 0 radical (unpaired) electrons. The predicted molar refractivity (Wildman–Crippen MR) is 71.5 cm³/mol. The Hall–Kier alpha value is -1.26. The zero-order valence-corrected chi connectivity index (χ0v) is 12.3. The van der Waals surface area contributed by atoms with Crippen LogP contribution in [0.15, 0.2) is 0 Å². The van der Waals surface area contributed by atoms with Crippen LogP contribution in [0, 0.1) is 11.3 Å². The quantitative estimate of drug-likeness (QED) is 0.794. The zero-order chi connectivity index (χ0) is 14.5. The van der Waals surface area contributed by atoms with Gasteiger partial charge in [-0.2, -0.15) is 0 Å². The molecule has 0 bridgehead atoms. The first kappa shape index (κ1) is 16.7. The van der Waals surface area contributed by atoms with E-state index in [0.29, 0.717) is 12.5 Å². The average molecular weight is 258 g/mol. The van der Waals surface area contributed by atoms with Gasteiger partial charge in [-0.15, -0.1) is 0 Å². The molecule has 2 N–H and O–H groups in total. The van der Waals surface area contributed by atoms with Crippen LogP contribution < -0.4 is 5.32 Å². The van der Waals surface area contributed by atoms with E-state index in [1.165, 1.54) is 0 Å².